The summed E-state index contributed by atoms with van der Waals surface area (Å²) in [5.74, 6) is 0.813. The van der Waals surface area contributed by atoms with Gasteiger partial charge in [-0.15, -0.1) is 21.5 Å². The van der Waals surface area contributed by atoms with Crippen molar-refractivity contribution in [2.45, 2.75) is 52.1 Å². The van der Waals surface area contributed by atoms with Crippen molar-refractivity contribution >= 4 is 11.3 Å². The van der Waals surface area contributed by atoms with Gasteiger partial charge in [0.25, 0.3) is 0 Å². The third kappa shape index (κ3) is 2.98. The van der Waals surface area contributed by atoms with Crippen molar-refractivity contribution in [1.82, 2.24) is 15.5 Å². The maximum absolute atomic E-state index is 4.13. The highest BCUT2D eigenvalue weighted by Gasteiger charge is 2.20. The molecule has 1 N–H and O–H groups in total. The molecule has 2 atom stereocenters. The first-order valence-electron chi connectivity index (χ1n) is 5.78. The Balaban J connectivity index is 1.81. The van der Waals surface area contributed by atoms with Gasteiger partial charge in [-0.05, 0) is 25.7 Å². The zero-order valence-corrected chi connectivity index (χ0v) is 10.3. The minimum atomic E-state index is 0.683. The van der Waals surface area contributed by atoms with E-state index in [-0.39, 0.29) is 0 Å². The average Bonchev–Trinajstić information content (AvgIpc) is 2.63. The second-order valence-corrected chi connectivity index (χ2v) is 5.73. The van der Waals surface area contributed by atoms with Crippen LogP contribution in [-0.2, 0) is 6.54 Å². The Kier molecular flexibility index (Phi) is 3.70. The van der Waals surface area contributed by atoms with E-state index in [1.807, 2.05) is 6.92 Å². The van der Waals surface area contributed by atoms with E-state index in [1.165, 1.54) is 25.7 Å². The second-order valence-electron chi connectivity index (χ2n) is 4.46. The maximum Gasteiger partial charge on any atom is 0.131 e. The van der Waals surface area contributed by atoms with Crippen LogP contribution >= 0.6 is 11.3 Å². The third-order valence-electron chi connectivity index (χ3n) is 3.19. The number of rotatable bonds is 3. The standard InChI is InChI=1S/C11H19N3S/c1-8-5-3-4-6-10(8)12-7-11-14-13-9(2)15-11/h8,10,12H,3-7H2,1-2H3. The monoisotopic (exact) mass is 225 g/mol. The van der Waals surface area contributed by atoms with Gasteiger partial charge in [-0.2, -0.15) is 0 Å². The fourth-order valence-electron chi connectivity index (χ4n) is 2.25. The first-order valence-corrected chi connectivity index (χ1v) is 6.59. The molecule has 0 aliphatic heterocycles. The minimum absolute atomic E-state index is 0.683. The molecule has 1 aliphatic carbocycles. The van der Waals surface area contributed by atoms with Gasteiger partial charge in [0, 0.05) is 12.6 Å². The molecule has 4 heteroatoms. The Morgan fingerprint density at radius 2 is 2.13 bits per heavy atom. The number of hydrogen-bond donors (Lipinski definition) is 1. The number of nitrogens with one attached hydrogen (secondary N) is 1. The topological polar surface area (TPSA) is 37.8 Å². The van der Waals surface area contributed by atoms with E-state index < -0.39 is 0 Å². The van der Waals surface area contributed by atoms with Gasteiger partial charge in [0.1, 0.15) is 10.0 Å². The Hall–Kier alpha value is -0.480. The van der Waals surface area contributed by atoms with Crippen LogP contribution in [0, 0.1) is 12.8 Å². The lowest BCUT2D eigenvalue weighted by Gasteiger charge is -2.29. The van der Waals surface area contributed by atoms with Gasteiger partial charge >= 0.3 is 0 Å². The highest BCUT2D eigenvalue weighted by molar-refractivity contribution is 7.11. The lowest BCUT2D eigenvalue weighted by atomic mass is 9.86. The summed E-state index contributed by atoms with van der Waals surface area (Å²) in [5.41, 5.74) is 0. The molecule has 1 saturated carbocycles. The van der Waals surface area contributed by atoms with Crippen molar-refractivity contribution in [2.75, 3.05) is 0 Å². The zero-order chi connectivity index (χ0) is 10.7. The summed E-state index contributed by atoms with van der Waals surface area (Å²) in [7, 11) is 0. The molecule has 84 valence electrons. The molecule has 1 aliphatic rings. The highest BCUT2D eigenvalue weighted by atomic mass is 32.1. The molecule has 1 fully saturated rings. The van der Waals surface area contributed by atoms with Crippen LogP contribution in [0.1, 0.15) is 42.6 Å². The van der Waals surface area contributed by atoms with Gasteiger partial charge in [-0.1, -0.05) is 19.8 Å². The fraction of sp³-hybridized carbons (Fsp3) is 0.818. The Labute approximate surface area is 95.3 Å². The zero-order valence-electron chi connectivity index (χ0n) is 9.49. The molecule has 0 spiro atoms. The fourth-order valence-corrected chi connectivity index (χ4v) is 2.91. The number of nitrogens with zero attached hydrogens (tertiary/aromatic N) is 2. The van der Waals surface area contributed by atoms with Crippen LogP contribution in [0.15, 0.2) is 0 Å². The molecule has 1 heterocycles. The SMILES string of the molecule is Cc1nnc(CNC2CCCCC2C)s1. The normalized spacial score (nSPS) is 26.8. The Bertz CT molecular complexity index is 311. The highest BCUT2D eigenvalue weighted by Crippen LogP contribution is 2.24. The van der Waals surface area contributed by atoms with Crippen LogP contribution in [0.5, 0.6) is 0 Å². The summed E-state index contributed by atoms with van der Waals surface area (Å²) in [6, 6.07) is 0.683. The van der Waals surface area contributed by atoms with E-state index in [2.05, 4.69) is 22.4 Å². The first kappa shape index (κ1) is 11.0. The molecule has 1 aromatic heterocycles. The van der Waals surface area contributed by atoms with Crippen molar-refractivity contribution in [3.63, 3.8) is 0 Å². The molecule has 3 nitrogen and oxygen atoms in total. The van der Waals surface area contributed by atoms with E-state index in [0.717, 1.165) is 22.5 Å². The van der Waals surface area contributed by atoms with E-state index in [1.54, 1.807) is 11.3 Å². The minimum Gasteiger partial charge on any atom is -0.307 e. The third-order valence-corrected chi connectivity index (χ3v) is 4.03. The lowest BCUT2D eigenvalue weighted by Crippen LogP contribution is -2.36. The van der Waals surface area contributed by atoms with Crippen molar-refractivity contribution in [3.05, 3.63) is 10.0 Å². The van der Waals surface area contributed by atoms with E-state index >= 15 is 0 Å². The summed E-state index contributed by atoms with van der Waals surface area (Å²) in [6.45, 7) is 5.24. The van der Waals surface area contributed by atoms with Gasteiger partial charge in [0.15, 0.2) is 0 Å². The van der Waals surface area contributed by atoms with E-state index in [9.17, 15) is 0 Å². The molecule has 0 aromatic carbocycles. The van der Waals surface area contributed by atoms with Gasteiger partial charge < -0.3 is 5.32 Å². The van der Waals surface area contributed by atoms with Gasteiger partial charge in [-0.3, -0.25) is 0 Å². The van der Waals surface area contributed by atoms with Crippen molar-refractivity contribution in [2.24, 2.45) is 5.92 Å². The van der Waals surface area contributed by atoms with Crippen LogP contribution < -0.4 is 5.32 Å². The van der Waals surface area contributed by atoms with Crippen molar-refractivity contribution in [3.8, 4) is 0 Å². The summed E-state index contributed by atoms with van der Waals surface area (Å²) in [4.78, 5) is 0. The molecule has 0 radical (unpaired) electrons. The predicted molar refractivity (Wildman–Crippen MR) is 62.9 cm³/mol. The summed E-state index contributed by atoms with van der Waals surface area (Å²) in [5, 5.41) is 13.9. The summed E-state index contributed by atoms with van der Waals surface area (Å²) >= 11 is 1.69. The molecule has 2 rings (SSSR count). The summed E-state index contributed by atoms with van der Waals surface area (Å²) in [6.07, 6.45) is 5.46. The lowest BCUT2D eigenvalue weighted by molar-refractivity contribution is 0.279. The summed E-state index contributed by atoms with van der Waals surface area (Å²) < 4.78 is 0. The molecule has 0 bridgehead atoms. The van der Waals surface area contributed by atoms with Gasteiger partial charge in [0.05, 0.1) is 0 Å². The molecule has 2 unspecified atom stereocenters. The van der Waals surface area contributed by atoms with Crippen molar-refractivity contribution < 1.29 is 0 Å². The number of aromatic nitrogens is 2. The second kappa shape index (κ2) is 5.03. The molecule has 0 amide bonds. The number of aryl methyl sites for hydroxylation is 1. The quantitative estimate of drug-likeness (QED) is 0.859. The van der Waals surface area contributed by atoms with Crippen LogP contribution in [0.2, 0.25) is 0 Å². The number of hydrogen-bond acceptors (Lipinski definition) is 4. The average molecular weight is 225 g/mol. The van der Waals surface area contributed by atoms with Crippen molar-refractivity contribution in [1.29, 1.82) is 0 Å². The first-order chi connectivity index (χ1) is 7.25. The Morgan fingerprint density at radius 1 is 1.33 bits per heavy atom. The Morgan fingerprint density at radius 3 is 2.80 bits per heavy atom. The molecular formula is C11H19N3S. The predicted octanol–water partition coefficient (Wildman–Crippen LogP) is 2.51. The molecular weight excluding hydrogens is 206 g/mol. The largest absolute Gasteiger partial charge is 0.307 e. The van der Waals surface area contributed by atoms with Crippen LogP contribution in [0.25, 0.3) is 0 Å². The van der Waals surface area contributed by atoms with Gasteiger partial charge in [-0.25, -0.2) is 0 Å². The van der Waals surface area contributed by atoms with Crippen LogP contribution in [0.4, 0.5) is 0 Å². The van der Waals surface area contributed by atoms with Crippen LogP contribution in [-0.4, -0.2) is 16.2 Å². The molecule has 1 aromatic rings. The van der Waals surface area contributed by atoms with Gasteiger partial charge in [0.2, 0.25) is 0 Å². The molecule has 15 heavy (non-hydrogen) atoms. The molecule has 0 saturated heterocycles. The van der Waals surface area contributed by atoms with E-state index in [4.69, 9.17) is 0 Å². The maximum atomic E-state index is 4.13. The van der Waals surface area contributed by atoms with E-state index in [0.29, 0.717) is 6.04 Å². The van der Waals surface area contributed by atoms with Crippen LogP contribution in [0.3, 0.4) is 0 Å². The smallest absolute Gasteiger partial charge is 0.131 e.